The van der Waals surface area contributed by atoms with E-state index in [0.29, 0.717) is 11.4 Å². The second kappa shape index (κ2) is 5.99. The molecule has 6 nitrogen and oxygen atoms in total. The van der Waals surface area contributed by atoms with Crippen LogP contribution >= 0.6 is 0 Å². The standard InChI is InChI=1S/C13H22N2O4S/c1-5-15(9-13(2,3)16)20(17,18)10-6-7-11(14)12(8-10)19-4/h6-8,16H,5,9,14H2,1-4H3. The zero-order valence-corrected chi connectivity index (χ0v) is 13.1. The summed E-state index contributed by atoms with van der Waals surface area (Å²) in [6.07, 6.45) is 0. The van der Waals surface area contributed by atoms with Gasteiger partial charge in [0.1, 0.15) is 5.75 Å². The van der Waals surface area contributed by atoms with E-state index in [9.17, 15) is 13.5 Å². The summed E-state index contributed by atoms with van der Waals surface area (Å²) in [5.41, 5.74) is 4.94. The molecule has 114 valence electrons. The van der Waals surface area contributed by atoms with E-state index < -0.39 is 15.6 Å². The summed E-state index contributed by atoms with van der Waals surface area (Å²) in [6, 6.07) is 4.31. The second-order valence-electron chi connectivity index (χ2n) is 5.15. The first kappa shape index (κ1) is 16.7. The molecule has 0 saturated carbocycles. The molecule has 0 unspecified atom stereocenters. The number of hydrogen-bond donors (Lipinski definition) is 2. The van der Waals surface area contributed by atoms with E-state index in [1.54, 1.807) is 20.8 Å². The molecule has 0 bridgehead atoms. The van der Waals surface area contributed by atoms with Crippen LogP contribution in [-0.2, 0) is 10.0 Å². The Morgan fingerprint density at radius 1 is 1.40 bits per heavy atom. The smallest absolute Gasteiger partial charge is 0.243 e. The fraction of sp³-hybridized carbons (Fsp3) is 0.538. The Balaban J connectivity index is 3.20. The maximum absolute atomic E-state index is 12.5. The van der Waals surface area contributed by atoms with Gasteiger partial charge in [-0.2, -0.15) is 4.31 Å². The Labute approximate surface area is 120 Å². The third-order valence-corrected chi connectivity index (χ3v) is 4.68. The summed E-state index contributed by atoms with van der Waals surface area (Å²) in [5, 5.41) is 9.82. The number of rotatable bonds is 6. The Kier molecular flexibility index (Phi) is 5.01. The summed E-state index contributed by atoms with van der Waals surface area (Å²) in [7, 11) is -2.27. The molecule has 1 rings (SSSR count). The van der Waals surface area contributed by atoms with E-state index in [-0.39, 0.29) is 18.0 Å². The molecule has 0 atom stereocenters. The van der Waals surface area contributed by atoms with Crippen molar-refractivity contribution in [1.29, 1.82) is 0 Å². The Morgan fingerprint density at radius 3 is 2.45 bits per heavy atom. The molecule has 0 aliphatic carbocycles. The van der Waals surface area contributed by atoms with Crippen LogP contribution in [0.5, 0.6) is 5.75 Å². The number of nitrogen functional groups attached to an aromatic ring is 1. The Hall–Kier alpha value is -1.31. The highest BCUT2D eigenvalue weighted by Crippen LogP contribution is 2.27. The topological polar surface area (TPSA) is 92.9 Å². The number of nitrogens with zero attached hydrogens (tertiary/aromatic N) is 1. The fourth-order valence-corrected chi connectivity index (χ4v) is 3.42. The highest BCUT2D eigenvalue weighted by molar-refractivity contribution is 7.89. The zero-order chi connectivity index (χ0) is 15.6. The second-order valence-corrected chi connectivity index (χ2v) is 7.09. The average Bonchev–Trinajstić information content (AvgIpc) is 2.35. The van der Waals surface area contributed by atoms with Crippen LogP contribution in [0.1, 0.15) is 20.8 Å². The highest BCUT2D eigenvalue weighted by Gasteiger charge is 2.28. The largest absolute Gasteiger partial charge is 0.495 e. The first-order chi connectivity index (χ1) is 9.11. The molecule has 0 heterocycles. The third-order valence-electron chi connectivity index (χ3n) is 2.76. The summed E-state index contributed by atoms with van der Waals surface area (Å²) in [6.45, 7) is 5.12. The van der Waals surface area contributed by atoms with Crippen molar-refractivity contribution in [1.82, 2.24) is 4.31 Å². The Morgan fingerprint density at radius 2 is 2.00 bits per heavy atom. The number of aliphatic hydroxyl groups is 1. The van der Waals surface area contributed by atoms with E-state index in [2.05, 4.69) is 0 Å². The van der Waals surface area contributed by atoms with Crippen molar-refractivity contribution in [3.63, 3.8) is 0 Å². The quantitative estimate of drug-likeness (QED) is 0.766. The van der Waals surface area contributed by atoms with Gasteiger partial charge in [-0.3, -0.25) is 0 Å². The summed E-state index contributed by atoms with van der Waals surface area (Å²) in [4.78, 5) is 0.0923. The maximum Gasteiger partial charge on any atom is 0.243 e. The molecule has 0 aliphatic heterocycles. The summed E-state index contributed by atoms with van der Waals surface area (Å²) >= 11 is 0. The molecule has 1 aromatic carbocycles. The molecule has 7 heteroatoms. The van der Waals surface area contributed by atoms with Crippen molar-refractivity contribution >= 4 is 15.7 Å². The number of sulfonamides is 1. The predicted octanol–water partition coefficient (Wildman–Crippen LogP) is 1.06. The minimum absolute atomic E-state index is 0.0124. The van der Waals surface area contributed by atoms with Crippen molar-refractivity contribution in [3.05, 3.63) is 18.2 Å². The van der Waals surface area contributed by atoms with Gasteiger partial charge in [0.05, 0.1) is 23.3 Å². The number of nitrogens with two attached hydrogens (primary N) is 1. The molecule has 3 N–H and O–H groups in total. The number of benzene rings is 1. The third kappa shape index (κ3) is 3.84. The minimum atomic E-state index is -3.70. The zero-order valence-electron chi connectivity index (χ0n) is 12.3. The SMILES string of the molecule is CCN(CC(C)(C)O)S(=O)(=O)c1ccc(N)c(OC)c1. The lowest BCUT2D eigenvalue weighted by molar-refractivity contribution is 0.0601. The van der Waals surface area contributed by atoms with Crippen molar-refractivity contribution in [2.24, 2.45) is 0 Å². The average molecular weight is 302 g/mol. The van der Waals surface area contributed by atoms with Crippen LogP contribution < -0.4 is 10.5 Å². The lowest BCUT2D eigenvalue weighted by Crippen LogP contribution is -2.42. The van der Waals surface area contributed by atoms with Gasteiger partial charge >= 0.3 is 0 Å². The van der Waals surface area contributed by atoms with Gasteiger partial charge in [0.15, 0.2) is 0 Å². The van der Waals surface area contributed by atoms with Gasteiger partial charge in [-0.15, -0.1) is 0 Å². The lowest BCUT2D eigenvalue weighted by Gasteiger charge is -2.27. The molecular weight excluding hydrogens is 280 g/mol. The Bertz CT molecular complexity index is 564. The molecule has 0 fully saturated rings. The highest BCUT2D eigenvalue weighted by atomic mass is 32.2. The first-order valence-corrected chi connectivity index (χ1v) is 7.72. The van der Waals surface area contributed by atoms with Crippen LogP contribution in [0, 0.1) is 0 Å². The van der Waals surface area contributed by atoms with Crippen LogP contribution in [0.3, 0.4) is 0 Å². The number of methoxy groups -OCH3 is 1. The van der Waals surface area contributed by atoms with Crippen LogP contribution in [0.4, 0.5) is 5.69 Å². The van der Waals surface area contributed by atoms with Gasteiger partial charge in [-0.1, -0.05) is 6.92 Å². The molecule has 1 aromatic rings. The normalized spacial score (nSPS) is 12.7. The van der Waals surface area contributed by atoms with Crippen molar-refractivity contribution in [3.8, 4) is 5.75 Å². The fourth-order valence-electron chi connectivity index (χ4n) is 1.80. The van der Waals surface area contributed by atoms with Crippen LogP contribution in [0.15, 0.2) is 23.1 Å². The lowest BCUT2D eigenvalue weighted by atomic mass is 10.1. The monoisotopic (exact) mass is 302 g/mol. The summed E-state index contributed by atoms with van der Waals surface area (Å²) in [5.74, 6) is 0.311. The predicted molar refractivity (Wildman–Crippen MR) is 78.1 cm³/mol. The van der Waals surface area contributed by atoms with Gasteiger partial charge in [-0.25, -0.2) is 8.42 Å². The van der Waals surface area contributed by atoms with Gasteiger partial charge in [0, 0.05) is 19.2 Å². The van der Waals surface area contributed by atoms with Gasteiger partial charge in [0.2, 0.25) is 10.0 Å². The van der Waals surface area contributed by atoms with Crippen molar-refractivity contribution in [2.45, 2.75) is 31.3 Å². The molecule has 0 saturated heterocycles. The number of hydrogen-bond acceptors (Lipinski definition) is 5. The number of ether oxygens (including phenoxy) is 1. The van der Waals surface area contributed by atoms with E-state index in [1.165, 1.54) is 29.6 Å². The molecule has 0 amide bonds. The maximum atomic E-state index is 12.5. The van der Waals surface area contributed by atoms with Crippen LogP contribution in [0.2, 0.25) is 0 Å². The minimum Gasteiger partial charge on any atom is -0.495 e. The summed E-state index contributed by atoms with van der Waals surface area (Å²) < 4.78 is 31.3. The van der Waals surface area contributed by atoms with Gasteiger partial charge < -0.3 is 15.6 Å². The molecule has 0 aromatic heterocycles. The van der Waals surface area contributed by atoms with Crippen molar-refractivity contribution < 1.29 is 18.3 Å². The molecule has 0 spiro atoms. The molecule has 0 aliphatic rings. The molecule has 20 heavy (non-hydrogen) atoms. The molecular formula is C13H22N2O4S. The van der Waals surface area contributed by atoms with E-state index in [1.807, 2.05) is 0 Å². The van der Waals surface area contributed by atoms with Gasteiger partial charge in [0.25, 0.3) is 0 Å². The van der Waals surface area contributed by atoms with E-state index >= 15 is 0 Å². The first-order valence-electron chi connectivity index (χ1n) is 6.28. The number of anilines is 1. The van der Waals surface area contributed by atoms with Gasteiger partial charge in [-0.05, 0) is 26.0 Å². The molecule has 0 radical (unpaired) electrons. The van der Waals surface area contributed by atoms with Crippen molar-refractivity contribution in [2.75, 3.05) is 25.9 Å². The van der Waals surface area contributed by atoms with Crippen LogP contribution in [0.25, 0.3) is 0 Å². The van der Waals surface area contributed by atoms with Crippen LogP contribution in [-0.4, -0.2) is 43.6 Å². The number of likely N-dealkylation sites (N-methyl/N-ethyl adjacent to an activating group) is 1. The van der Waals surface area contributed by atoms with E-state index in [0.717, 1.165) is 0 Å². The van der Waals surface area contributed by atoms with E-state index in [4.69, 9.17) is 10.5 Å².